The number of aliphatic carboxylic acids is 1. The molecule has 1 heterocycles. The summed E-state index contributed by atoms with van der Waals surface area (Å²) in [5.74, 6) is -1.13. The smallest absolute Gasteiger partial charge is 0.407 e. The molecule has 34 heavy (non-hydrogen) atoms. The molecule has 3 aliphatic rings. The Balaban J connectivity index is 1.24. The van der Waals surface area contributed by atoms with Gasteiger partial charge >= 0.3 is 12.1 Å². The van der Waals surface area contributed by atoms with Crippen molar-refractivity contribution in [1.29, 1.82) is 0 Å². The van der Waals surface area contributed by atoms with Crippen molar-refractivity contribution in [3.63, 3.8) is 0 Å². The number of benzene rings is 2. The average Bonchev–Trinajstić information content (AvgIpc) is 3.59. The van der Waals surface area contributed by atoms with E-state index in [9.17, 15) is 19.5 Å². The zero-order valence-electron chi connectivity index (χ0n) is 19.2. The van der Waals surface area contributed by atoms with E-state index in [1.807, 2.05) is 24.3 Å². The fourth-order valence-corrected chi connectivity index (χ4v) is 5.98. The second kappa shape index (κ2) is 9.12. The minimum atomic E-state index is -0.955. The fraction of sp³-hybridized carbons (Fsp3) is 0.444. The summed E-state index contributed by atoms with van der Waals surface area (Å²) in [6.07, 6.45) is 3.72. The summed E-state index contributed by atoms with van der Waals surface area (Å²) >= 11 is 0. The molecule has 7 heteroatoms. The Labute approximate surface area is 199 Å². The van der Waals surface area contributed by atoms with Crippen molar-refractivity contribution in [1.82, 2.24) is 10.2 Å². The number of likely N-dealkylation sites (tertiary alicyclic amines) is 1. The van der Waals surface area contributed by atoms with Crippen LogP contribution >= 0.6 is 0 Å². The molecule has 0 bridgehead atoms. The number of carboxylic acid groups (broad SMARTS) is 1. The van der Waals surface area contributed by atoms with E-state index in [0.29, 0.717) is 32.2 Å². The van der Waals surface area contributed by atoms with Crippen molar-refractivity contribution in [2.75, 3.05) is 19.7 Å². The maximum absolute atomic E-state index is 13.4. The molecule has 1 unspecified atom stereocenters. The maximum atomic E-state index is 13.4. The third kappa shape index (κ3) is 3.93. The second-order valence-electron chi connectivity index (χ2n) is 9.66. The number of carboxylic acids is 1. The van der Waals surface area contributed by atoms with E-state index in [1.54, 1.807) is 0 Å². The van der Waals surface area contributed by atoms with Gasteiger partial charge < -0.3 is 20.1 Å². The normalized spacial score (nSPS) is 20.6. The molecule has 0 spiro atoms. The number of hydrogen-bond acceptors (Lipinski definition) is 4. The van der Waals surface area contributed by atoms with Gasteiger partial charge in [0.1, 0.15) is 12.6 Å². The van der Waals surface area contributed by atoms with E-state index in [1.165, 1.54) is 16.0 Å². The van der Waals surface area contributed by atoms with Crippen LogP contribution < -0.4 is 5.32 Å². The van der Waals surface area contributed by atoms with Crippen LogP contribution in [0.25, 0.3) is 11.1 Å². The largest absolute Gasteiger partial charge is 0.480 e. The molecule has 1 saturated carbocycles. The lowest BCUT2D eigenvalue weighted by atomic mass is 9.84. The lowest BCUT2D eigenvalue weighted by Gasteiger charge is -2.34. The average molecular weight is 463 g/mol. The molecule has 0 aromatic heterocycles. The zero-order chi connectivity index (χ0) is 23.7. The van der Waals surface area contributed by atoms with Crippen LogP contribution in [0.4, 0.5) is 4.79 Å². The number of rotatable bonds is 6. The summed E-state index contributed by atoms with van der Waals surface area (Å²) in [5, 5.41) is 12.3. The van der Waals surface area contributed by atoms with Crippen molar-refractivity contribution in [2.24, 2.45) is 5.41 Å². The van der Waals surface area contributed by atoms with Crippen LogP contribution in [-0.4, -0.2) is 53.7 Å². The summed E-state index contributed by atoms with van der Waals surface area (Å²) in [4.78, 5) is 39.2. The van der Waals surface area contributed by atoms with Crippen LogP contribution in [0.15, 0.2) is 48.5 Å². The number of nitrogens with zero attached hydrogens (tertiary/aromatic N) is 1. The Morgan fingerprint density at radius 3 is 2.21 bits per heavy atom. The number of ether oxygens (including phenoxy) is 1. The van der Waals surface area contributed by atoms with Crippen LogP contribution in [0.2, 0.25) is 0 Å². The van der Waals surface area contributed by atoms with Crippen LogP contribution in [0.5, 0.6) is 0 Å². The van der Waals surface area contributed by atoms with Gasteiger partial charge in [-0.2, -0.15) is 0 Å². The molecule has 2 aromatic carbocycles. The molecule has 2 fully saturated rings. The number of hydrogen-bond donors (Lipinski definition) is 2. The second-order valence-corrected chi connectivity index (χ2v) is 9.66. The molecule has 7 nitrogen and oxygen atoms in total. The van der Waals surface area contributed by atoms with Crippen molar-refractivity contribution in [3.8, 4) is 11.1 Å². The van der Waals surface area contributed by atoms with E-state index in [-0.39, 0.29) is 25.0 Å². The number of fused-ring (bicyclic) bond motifs is 3. The van der Waals surface area contributed by atoms with E-state index in [4.69, 9.17) is 4.74 Å². The van der Waals surface area contributed by atoms with Crippen molar-refractivity contribution in [3.05, 3.63) is 59.7 Å². The van der Waals surface area contributed by atoms with Gasteiger partial charge in [0, 0.05) is 19.0 Å². The van der Waals surface area contributed by atoms with Gasteiger partial charge in [-0.25, -0.2) is 9.59 Å². The molecule has 0 radical (unpaired) electrons. The van der Waals surface area contributed by atoms with E-state index >= 15 is 0 Å². The Morgan fingerprint density at radius 1 is 0.971 bits per heavy atom. The molecule has 1 atom stereocenters. The van der Waals surface area contributed by atoms with E-state index < -0.39 is 23.5 Å². The molecule has 5 rings (SSSR count). The highest BCUT2D eigenvalue weighted by Crippen LogP contribution is 2.44. The number of nitrogens with one attached hydrogen (secondary N) is 1. The molecule has 2 aromatic rings. The molecule has 2 N–H and O–H groups in total. The number of carbonyl (C=O) groups excluding carboxylic acids is 2. The minimum absolute atomic E-state index is 0.0267. The lowest BCUT2D eigenvalue weighted by molar-refractivity contribution is -0.153. The van der Waals surface area contributed by atoms with Crippen LogP contribution in [0.1, 0.15) is 55.6 Å². The van der Waals surface area contributed by atoms with Crippen molar-refractivity contribution >= 4 is 18.0 Å². The van der Waals surface area contributed by atoms with Gasteiger partial charge in [-0.15, -0.1) is 0 Å². The maximum Gasteiger partial charge on any atom is 0.407 e. The van der Waals surface area contributed by atoms with E-state index in [2.05, 4.69) is 29.6 Å². The summed E-state index contributed by atoms with van der Waals surface area (Å²) in [6, 6.07) is 15.6. The standard InChI is InChI=1S/C27H30N2O5/c30-24(31)23-12-7-15-29(23)25(32)27(13-5-6-14-27)17-28-26(33)34-16-22-20-10-3-1-8-18(20)19-9-2-4-11-21(19)22/h1-4,8-11,22-23H,5-7,12-17H2,(H,28,33)(H,30,31). The fourth-order valence-electron chi connectivity index (χ4n) is 5.98. The molecular weight excluding hydrogens is 432 g/mol. The lowest BCUT2D eigenvalue weighted by Crippen LogP contribution is -2.52. The number of carbonyl (C=O) groups is 3. The Kier molecular flexibility index (Phi) is 6.02. The van der Waals surface area contributed by atoms with Gasteiger partial charge in [0.25, 0.3) is 0 Å². The van der Waals surface area contributed by atoms with Crippen molar-refractivity contribution in [2.45, 2.75) is 50.5 Å². The predicted molar refractivity (Wildman–Crippen MR) is 126 cm³/mol. The molecule has 2 aliphatic carbocycles. The molecule has 2 amide bonds. The highest BCUT2D eigenvalue weighted by molar-refractivity contribution is 5.89. The Bertz CT molecular complexity index is 1060. The van der Waals surface area contributed by atoms with Crippen molar-refractivity contribution < 1.29 is 24.2 Å². The third-order valence-corrected chi connectivity index (χ3v) is 7.73. The summed E-state index contributed by atoms with van der Waals surface area (Å²) in [5.41, 5.74) is 3.88. The molecule has 1 saturated heterocycles. The number of alkyl carbamates (subject to hydrolysis) is 1. The third-order valence-electron chi connectivity index (χ3n) is 7.73. The number of amides is 2. The predicted octanol–water partition coefficient (Wildman–Crippen LogP) is 4.16. The molecule has 1 aliphatic heterocycles. The van der Waals surface area contributed by atoms with Gasteiger partial charge in [0.15, 0.2) is 0 Å². The van der Waals surface area contributed by atoms with Gasteiger partial charge in [-0.1, -0.05) is 61.4 Å². The first-order chi connectivity index (χ1) is 16.5. The van der Waals surface area contributed by atoms with Crippen LogP contribution in [0.3, 0.4) is 0 Å². The minimum Gasteiger partial charge on any atom is -0.480 e. The topological polar surface area (TPSA) is 95.9 Å². The molecule has 178 valence electrons. The highest BCUT2D eigenvalue weighted by atomic mass is 16.5. The molecular formula is C27H30N2O5. The highest BCUT2D eigenvalue weighted by Gasteiger charge is 2.47. The van der Waals surface area contributed by atoms with Gasteiger partial charge in [0.05, 0.1) is 5.41 Å². The van der Waals surface area contributed by atoms with Gasteiger partial charge in [0.2, 0.25) is 5.91 Å². The quantitative estimate of drug-likeness (QED) is 0.672. The summed E-state index contributed by atoms with van der Waals surface area (Å²) in [6.45, 7) is 0.849. The zero-order valence-corrected chi connectivity index (χ0v) is 19.2. The first-order valence-corrected chi connectivity index (χ1v) is 12.1. The Hall–Kier alpha value is -3.35. The summed E-state index contributed by atoms with van der Waals surface area (Å²) < 4.78 is 5.64. The van der Waals surface area contributed by atoms with E-state index in [0.717, 1.165) is 24.0 Å². The van der Waals surface area contributed by atoms with Gasteiger partial charge in [-0.3, -0.25) is 4.79 Å². The van der Waals surface area contributed by atoms with Gasteiger partial charge in [-0.05, 0) is 47.9 Å². The SMILES string of the molecule is O=C(NCC1(C(=O)N2CCCC2C(=O)O)CCCC1)OCC1c2ccccc2-c2ccccc21. The monoisotopic (exact) mass is 462 g/mol. The first-order valence-electron chi connectivity index (χ1n) is 12.1. The summed E-state index contributed by atoms with van der Waals surface area (Å²) in [7, 11) is 0. The first kappa shape index (κ1) is 22.4. The van der Waals surface area contributed by atoms with Crippen LogP contribution in [0, 0.1) is 5.41 Å². The van der Waals surface area contributed by atoms with Crippen LogP contribution in [-0.2, 0) is 14.3 Å². The Morgan fingerprint density at radius 2 is 1.59 bits per heavy atom.